The SMILES string of the molecule is NC(=O)c1c(Cl)cccc1Cl.NC(=O)c1c(O)ccc2ccccc12. The Labute approximate surface area is 153 Å². The van der Waals surface area contributed by atoms with Crippen molar-refractivity contribution < 1.29 is 14.7 Å². The van der Waals surface area contributed by atoms with Crippen LogP contribution < -0.4 is 11.5 Å². The van der Waals surface area contributed by atoms with Crippen LogP contribution in [0.2, 0.25) is 10.0 Å². The van der Waals surface area contributed by atoms with E-state index in [-0.39, 0.29) is 26.9 Å². The van der Waals surface area contributed by atoms with E-state index in [4.69, 9.17) is 34.7 Å². The van der Waals surface area contributed by atoms with Gasteiger partial charge >= 0.3 is 0 Å². The molecular weight excluding hydrogens is 363 g/mol. The van der Waals surface area contributed by atoms with Crippen molar-refractivity contribution in [1.29, 1.82) is 0 Å². The van der Waals surface area contributed by atoms with E-state index in [0.717, 1.165) is 5.39 Å². The van der Waals surface area contributed by atoms with Crippen molar-refractivity contribution >= 4 is 45.8 Å². The molecule has 0 unspecified atom stereocenters. The van der Waals surface area contributed by atoms with E-state index in [1.54, 1.807) is 36.4 Å². The number of hydrogen-bond donors (Lipinski definition) is 3. The molecule has 0 aliphatic rings. The van der Waals surface area contributed by atoms with Gasteiger partial charge in [0, 0.05) is 0 Å². The van der Waals surface area contributed by atoms with E-state index in [1.165, 1.54) is 6.07 Å². The Balaban J connectivity index is 0.000000186. The van der Waals surface area contributed by atoms with Gasteiger partial charge in [-0.2, -0.15) is 0 Å². The number of halogens is 2. The molecule has 0 saturated carbocycles. The Hall–Kier alpha value is -2.76. The van der Waals surface area contributed by atoms with Gasteiger partial charge in [-0.3, -0.25) is 9.59 Å². The molecule has 0 aliphatic heterocycles. The van der Waals surface area contributed by atoms with Crippen molar-refractivity contribution in [3.8, 4) is 5.75 Å². The minimum atomic E-state index is -0.612. The molecule has 0 aliphatic carbocycles. The molecule has 0 atom stereocenters. The number of fused-ring (bicyclic) bond motifs is 1. The summed E-state index contributed by atoms with van der Waals surface area (Å²) in [7, 11) is 0. The van der Waals surface area contributed by atoms with Gasteiger partial charge in [-0.1, -0.05) is 59.6 Å². The molecule has 0 saturated heterocycles. The fraction of sp³-hybridized carbons (Fsp3) is 0. The number of hydrogen-bond acceptors (Lipinski definition) is 3. The first-order chi connectivity index (χ1) is 11.8. The quantitative estimate of drug-likeness (QED) is 0.633. The molecule has 5 N–H and O–H groups in total. The summed E-state index contributed by atoms with van der Waals surface area (Å²) < 4.78 is 0. The first-order valence-corrected chi connectivity index (χ1v) is 7.83. The van der Waals surface area contributed by atoms with Gasteiger partial charge in [0.2, 0.25) is 0 Å². The van der Waals surface area contributed by atoms with Crippen molar-refractivity contribution in [2.24, 2.45) is 11.5 Å². The number of nitrogens with two attached hydrogens (primary N) is 2. The monoisotopic (exact) mass is 376 g/mol. The molecule has 0 radical (unpaired) electrons. The van der Waals surface area contributed by atoms with Crippen LogP contribution in [-0.4, -0.2) is 16.9 Å². The number of primary amides is 2. The fourth-order valence-electron chi connectivity index (χ4n) is 2.25. The van der Waals surface area contributed by atoms with Gasteiger partial charge < -0.3 is 16.6 Å². The first kappa shape index (κ1) is 18.6. The van der Waals surface area contributed by atoms with Gasteiger partial charge in [0.15, 0.2) is 0 Å². The number of aromatic hydroxyl groups is 1. The molecule has 0 bridgehead atoms. The van der Waals surface area contributed by atoms with E-state index in [1.807, 2.05) is 12.1 Å². The van der Waals surface area contributed by atoms with E-state index < -0.39 is 11.8 Å². The lowest BCUT2D eigenvalue weighted by Gasteiger charge is -2.04. The topological polar surface area (TPSA) is 106 Å². The number of rotatable bonds is 2. The molecule has 2 amide bonds. The van der Waals surface area contributed by atoms with Gasteiger partial charge in [0.1, 0.15) is 5.75 Å². The zero-order valence-corrected chi connectivity index (χ0v) is 14.4. The van der Waals surface area contributed by atoms with E-state index in [9.17, 15) is 14.7 Å². The van der Waals surface area contributed by atoms with Crippen molar-refractivity contribution in [3.63, 3.8) is 0 Å². The minimum Gasteiger partial charge on any atom is -0.507 e. The third-order valence-corrected chi connectivity index (χ3v) is 3.99. The van der Waals surface area contributed by atoms with Crippen molar-refractivity contribution in [3.05, 3.63) is 75.8 Å². The standard InChI is InChI=1S/C11H9NO2.C7H5Cl2NO/c12-11(14)10-8-4-2-1-3-7(8)5-6-9(10)13;8-4-2-1-3-5(9)6(4)7(10)11/h1-6,13H,(H2,12,14);1-3H,(H2,10,11). The van der Waals surface area contributed by atoms with Crippen molar-refractivity contribution in [2.75, 3.05) is 0 Å². The molecule has 25 heavy (non-hydrogen) atoms. The molecule has 0 spiro atoms. The van der Waals surface area contributed by atoms with E-state index in [2.05, 4.69) is 0 Å². The maximum atomic E-state index is 11.1. The first-order valence-electron chi connectivity index (χ1n) is 7.07. The van der Waals surface area contributed by atoms with E-state index in [0.29, 0.717) is 5.39 Å². The molecule has 3 aromatic carbocycles. The third-order valence-electron chi connectivity index (χ3n) is 3.36. The molecular formula is C18H14Cl2N2O3. The normalized spacial score (nSPS) is 10.0. The summed E-state index contributed by atoms with van der Waals surface area (Å²) >= 11 is 11.3. The summed E-state index contributed by atoms with van der Waals surface area (Å²) in [5, 5.41) is 11.6. The minimum absolute atomic E-state index is 0.0730. The molecule has 0 fully saturated rings. The van der Waals surface area contributed by atoms with Crippen molar-refractivity contribution in [2.45, 2.75) is 0 Å². The van der Waals surface area contributed by atoms with Crippen LogP contribution in [0.15, 0.2) is 54.6 Å². The Morgan fingerprint density at radius 2 is 1.32 bits per heavy atom. The summed E-state index contributed by atoms with van der Waals surface area (Å²) in [6.45, 7) is 0. The van der Waals surface area contributed by atoms with Crippen LogP contribution in [-0.2, 0) is 0 Å². The summed E-state index contributed by atoms with van der Waals surface area (Å²) in [5.74, 6) is -1.30. The zero-order chi connectivity index (χ0) is 18.6. The lowest BCUT2D eigenvalue weighted by atomic mass is 10.0. The Morgan fingerprint density at radius 1 is 0.760 bits per heavy atom. The van der Waals surface area contributed by atoms with Crippen LogP contribution in [0, 0.1) is 0 Å². The molecule has 0 heterocycles. The fourth-order valence-corrected chi connectivity index (χ4v) is 2.84. The Bertz CT molecular complexity index is 938. The van der Waals surface area contributed by atoms with Gasteiger partial charge in [0.05, 0.1) is 21.2 Å². The highest BCUT2D eigenvalue weighted by molar-refractivity contribution is 6.39. The smallest absolute Gasteiger partial charge is 0.253 e. The van der Waals surface area contributed by atoms with Crippen LogP contribution in [0.4, 0.5) is 0 Å². The number of benzene rings is 3. The number of amides is 2. The summed E-state index contributed by atoms with van der Waals surface area (Å²) in [6, 6.07) is 15.3. The molecule has 3 aromatic rings. The lowest BCUT2D eigenvalue weighted by molar-refractivity contribution is 0.0991. The predicted molar refractivity (Wildman–Crippen MR) is 99.1 cm³/mol. The van der Waals surface area contributed by atoms with Crippen LogP contribution in [0.25, 0.3) is 10.8 Å². The van der Waals surface area contributed by atoms with Crippen molar-refractivity contribution in [1.82, 2.24) is 0 Å². The zero-order valence-electron chi connectivity index (χ0n) is 12.9. The summed E-state index contributed by atoms with van der Waals surface area (Å²) in [5.41, 5.74) is 10.5. The van der Waals surface area contributed by atoms with Crippen LogP contribution in [0.3, 0.4) is 0 Å². The van der Waals surface area contributed by atoms with E-state index >= 15 is 0 Å². The maximum absolute atomic E-state index is 11.1. The predicted octanol–water partition coefficient (Wildman–Crippen LogP) is 3.74. The highest BCUT2D eigenvalue weighted by Crippen LogP contribution is 2.26. The number of carbonyl (C=O) groups excluding carboxylic acids is 2. The van der Waals surface area contributed by atoms with Crippen LogP contribution in [0.1, 0.15) is 20.7 Å². The average Bonchev–Trinajstić information content (AvgIpc) is 2.54. The van der Waals surface area contributed by atoms with Gasteiger partial charge in [-0.25, -0.2) is 0 Å². The Kier molecular flexibility index (Phi) is 5.85. The lowest BCUT2D eigenvalue weighted by Crippen LogP contribution is -2.12. The number of carbonyl (C=O) groups is 2. The second-order valence-electron chi connectivity index (χ2n) is 5.01. The molecule has 3 rings (SSSR count). The molecule has 128 valence electrons. The Morgan fingerprint density at radius 3 is 1.84 bits per heavy atom. The summed E-state index contributed by atoms with van der Waals surface area (Å²) in [4.78, 5) is 21.8. The third kappa shape index (κ3) is 4.21. The number of phenols is 1. The summed E-state index contributed by atoms with van der Waals surface area (Å²) in [6.07, 6.45) is 0. The van der Waals surface area contributed by atoms with Gasteiger partial charge in [0.25, 0.3) is 11.8 Å². The van der Waals surface area contributed by atoms with Gasteiger partial charge in [-0.15, -0.1) is 0 Å². The molecule has 0 aromatic heterocycles. The molecule has 7 heteroatoms. The van der Waals surface area contributed by atoms with Crippen LogP contribution >= 0.6 is 23.2 Å². The average molecular weight is 377 g/mol. The maximum Gasteiger partial charge on any atom is 0.253 e. The highest BCUT2D eigenvalue weighted by atomic mass is 35.5. The molecule has 5 nitrogen and oxygen atoms in total. The second-order valence-corrected chi connectivity index (χ2v) is 5.82. The second kappa shape index (κ2) is 7.88. The highest BCUT2D eigenvalue weighted by Gasteiger charge is 2.11. The van der Waals surface area contributed by atoms with Crippen LogP contribution in [0.5, 0.6) is 5.75 Å². The van der Waals surface area contributed by atoms with Gasteiger partial charge in [-0.05, 0) is 29.0 Å². The largest absolute Gasteiger partial charge is 0.507 e.